The van der Waals surface area contributed by atoms with E-state index in [2.05, 4.69) is 21.2 Å². The van der Waals surface area contributed by atoms with Crippen molar-refractivity contribution >= 4 is 27.6 Å². The first-order chi connectivity index (χ1) is 9.60. The number of hydrogen-bond donors (Lipinski definition) is 1. The molecule has 2 aromatic rings. The number of esters is 1. The summed E-state index contributed by atoms with van der Waals surface area (Å²) in [6.07, 6.45) is 0. The topological polar surface area (TPSA) is 38.3 Å². The molecular formula is C16H16BrNO2. The smallest absolute Gasteiger partial charge is 0.332 e. The summed E-state index contributed by atoms with van der Waals surface area (Å²) in [6.45, 7) is 2.01. The van der Waals surface area contributed by atoms with Gasteiger partial charge in [-0.05, 0) is 42.3 Å². The van der Waals surface area contributed by atoms with E-state index in [1.165, 1.54) is 7.11 Å². The van der Waals surface area contributed by atoms with Crippen molar-refractivity contribution in [3.05, 3.63) is 64.1 Å². The summed E-state index contributed by atoms with van der Waals surface area (Å²) in [5, 5.41) is 3.22. The maximum Gasteiger partial charge on any atom is 0.332 e. The predicted octanol–water partition coefficient (Wildman–Crippen LogP) is 4.08. The molecule has 0 bridgehead atoms. The molecule has 0 aliphatic carbocycles. The highest BCUT2D eigenvalue weighted by Gasteiger charge is 2.21. The number of benzene rings is 2. The van der Waals surface area contributed by atoms with Crippen LogP contribution in [0.5, 0.6) is 0 Å². The number of halogens is 1. The van der Waals surface area contributed by atoms with Gasteiger partial charge in [0.25, 0.3) is 0 Å². The summed E-state index contributed by atoms with van der Waals surface area (Å²) in [7, 11) is 1.39. The van der Waals surface area contributed by atoms with Gasteiger partial charge in [-0.15, -0.1) is 0 Å². The lowest BCUT2D eigenvalue weighted by Gasteiger charge is -2.18. The Morgan fingerprint density at radius 3 is 2.60 bits per heavy atom. The Morgan fingerprint density at radius 1 is 1.20 bits per heavy atom. The fourth-order valence-electron chi connectivity index (χ4n) is 1.98. The Hall–Kier alpha value is -1.81. The first-order valence-corrected chi connectivity index (χ1v) is 7.06. The molecule has 104 valence electrons. The van der Waals surface area contributed by atoms with Gasteiger partial charge in [0, 0.05) is 10.2 Å². The average Bonchev–Trinajstić information content (AvgIpc) is 2.44. The van der Waals surface area contributed by atoms with E-state index >= 15 is 0 Å². The molecule has 1 atom stereocenters. The summed E-state index contributed by atoms with van der Waals surface area (Å²) in [6, 6.07) is 15.0. The molecule has 0 radical (unpaired) electrons. The van der Waals surface area contributed by atoms with Gasteiger partial charge in [0.2, 0.25) is 0 Å². The van der Waals surface area contributed by atoms with Crippen molar-refractivity contribution < 1.29 is 9.53 Å². The molecule has 0 spiro atoms. The lowest BCUT2D eigenvalue weighted by Crippen LogP contribution is -2.22. The molecule has 0 aliphatic heterocycles. The number of rotatable bonds is 4. The molecule has 0 saturated carbocycles. The zero-order valence-corrected chi connectivity index (χ0v) is 13.0. The molecule has 0 saturated heterocycles. The number of methoxy groups -OCH3 is 1. The molecule has 0 aliphatic rings. The summed E-state index contributed by atoms with van der Waals surface area (Å²) in [5.74, 6) is -0.315. The number of nitrogens with one attached hydrogen (secondary N) is 1. The fraction of sp³-hybridized carbons (Fsp3) is 0.188. The Bertz CT molecular complexity index is 613. The van der Waals surface area contributed by atoms with E-state index in [4.69, 9.17) is 4.74 Å². The third kappa shape index (κ3) is 3.61. The molecule has 4 heteroatoms. The van der Waals surface area contributed by atoms with Crippen LogP contribution in [0.25, 0.3) is 0 Å². The molecule has 0 amide bonds. The second kappa shape index (κ2) is 6.57. The lowest BCUT2D eigenvalue weighted by atomic mass is 10.1. The van der Waals surface area contributed by atoms with Crippen LogP contribution < -0.4 is 5.32 Å². The van der Waals surface area contributed by atoms with E-state index < -0.39 is 6.04 Å². The first-order valence-electron chi connectivity index (χ1n) is 6.26. The van der Waals surface area contributed by atoms with Gasteiger partial charge in [0.05, 0.1) is 7.11 Å². The van der Waals surface area contributed by atoms with Crippen LogP contribution in [-0.2, 0) is 9.53 Å². The van der Waals surface area contributed by atoms with Crippen LogP contribution in [0, 0.1) is 6.92 Å². The maximum atomic E-state index is 12.0. The van der Waals surface area contributed by atoms with Crippen molar-refractivity contribution in [1.82, 2.24) is 0 Å². The van der Waals surface area contributed by atoms with Gasteiger partial charge in [0.1, 0.15) is 0 Å². The number of carbonyl (C=O) groups is 1. The molecule has 2 aromatic carbocycles. The Balaban J connectivity index is 2.31. The van der Waals surface area contributed by atoms with E-state index in [0.29, 0.717) is 0 Å². The maximum absolute atomic E-state index is 12.0. The van der Waals surface area contributed by atoms with Crippen LogP contribution in [0.4, 0.5) is 5.69 Å². The van der Waals surface area contributed by atoms with Crippen molar-refractivity contribution in [2.45, 2.75) is 13.0 Å². The van der Waals surface area contributed by atoms with E-state index in [-0.39, 0.29) is 5.97 Å². The molecule has 3 nitrogen and oxygen atoms in total. The molecule has 0 heterocycles. The number of aryl methyl sites for hydroxylation is 1. The van der Waals surface area contributed by atoms with Crippen molar-refractivity contribution in [1.29, 1.82) is 0 Å². The van der Waals surface area contributed by atoms with Crippen molar-refractivity contribution in [3.8, 4) is 0 Å². The minimum absolute atomic E-state index is 0.315. The monoisotopic (exact) mass is 333 g/mol. The Kier molecular flexibility index (Phi) is 4.79. The quantitative estimate of drug-likeness (QED) is 0.856. The van der Waals surface area contributed by atoms with Gasteiger partial charge in [-0.1, -0.05) is 40.2 Å². The Morgan fingerprint density at radius 2 is 1.95 bits per heavy atom. The molecule has 0 aromatic heterocycles. The number of hydrogen-bond acceptors (Lipinski definition) is 3. The van der Waals surface area contributed by atoms with Crippen molar-refractivity contribution in [3.63, 3.8) is 0 Å². The first kappa shape index (κ1) is 14.6. The molecular weight excluding hydrogens is 318 g/mol. The Labute approximate surface area is 127 Å². The van der Waals surface area contributed by atoms with Crippen LogP contribution in [0.2, 0.25) is 0 Å². The average molecular weight is 334 g/mol. The van der Waals surface area contributed by atoms with Gasteiger partial charge in [-0.3, -0.25) is 0 Å². The highest BCUT2D eigenvalue weighted by atomic mass is 79.9. The third-order valence-electron chi connectivity index (χ3n) is 2.95. The number of ether oxygens (including phenoxy) is 1. The van der Waals surface area contributed by atoms with Crippen LogP contribution in [0.3, 0.4) is 0 Å². The lowest BCUT2D eigenvalue weighted by molar-refractivity contribution is -0.141. The molecule has 20 heavy (non-hydrogen) atoms. The van der Waals surface area contributed by atoms with E-state index in [1.54, 1.807) is 0 Å². The summed E-state index contributed by atoms with van der Waals surface area (Å²) in [5.41, 5.74) is 2.88. The van der Waals surface area contributed by atoms with Crippen LogP contribution in [0.15, 0.2) is 53.0 Å². The SMILES string of the molecule is COC(=O)C(Nc1cccc(C)c1)c1cccc(Br)c1. The second-order valence-electron chi connectivity index (χ2n) is 4.52. The molecule has 2 rings (SSSR count). The number of carbonyl (C=O) groups excluding carboxylic acids is 1. The van der Waals surface area contributed by atoms with E-state index in [0.717, 1.165) is 21.3 Å². The third-order valence-corrected chi connectivity index (χ3v) is 3.44. The molecule has 1 unspecified atom stereocenters. The van der Waals surface area contributed by atoms with Gasteiger partial charge < -0.3 is 10.1 Å². The summed E-state index contributed by atoms with van der Waals surface area (Å²) in [4.78, 5) is 12.0. The van der Waals surface area contributed by atoms with E-state index in [1.807, 2.05) is 55.5 Å². The molecule has 1 N–H and O–H groups in total. The number of anilines is 1. The highest BCUT2D eigenvalue weighted by Crippen LogP contribution is 2.24. The van der Waals surface area contributed by atoms with Crippen molar-refractivity contribution in [2.24, 2.45) is 0 Å². The van der Waals surface area contributed by atoms with Gasteiger partial charge in [-0.2, -0.15) is 0 Å². The zero-order valence-electron chi connectivity index (χ0n) is 11.4. The molecule has 0 fully saturated rings. The standard InChI is InChI=1S/C16H16BrNO2/c1-11-5-3-8-14(9-11)18-15(16(19)20-2)12-6-4-7-13(17)10-12/h3-10,15,18H,1-2H3. The summed E-state index contributed by atoms with van der Waals surface area (Å²) < 4.78 is 5.82. The fourth-order valence-corrected chi connectivity index (χ4v) is 2.40. The van der Waals surface area contributed by atoms with Gasteiger partial charge >= 0.3 is 5.97 Å². The van der Waals surface area contributed by atoms with Gasteiger partial charge in [0.15, 0.2) is 6.04 Å². The van der Waals surface area contributed by atoms with Crippen LogP contribution in [0.1, 0.15) is 17.2 Å². The van der Waals surface area contributed by atoms with Crippen molar-refractivity contribution in [2.75, 3.05) is 12.4 Å². The zero-order chi connectivity index (χ0) is 14.5. The second-order valence-corrected chi connectivity index (χ2v) is 5.44. The van der Waals surface area contributed by atoms with Crippen LogP contribution >= 0.6 is 15.9 Å². The normalized spacial score (nSPS) is 11.8. The van der Waals surface area contributed by atoms with Crippen LogP contribution in [-0.4, -0.2) is 13.1 Å². The largest absolute Gasteiger partial charge is 0.467 e. The van der Waals surface area contributed by atoms with E-state index in [9.17, 15) is 4.79 Å². The predicted molar refractivity (Wildman–Crippen MR) is 83.7 cm³/mol. The minimum Gasteiger partial charge on any atom is -0.467 e. The highest BCUT2D eigenvalue weighted by molar-refractivity contribution is 9.10. The summed E-state index contributed by atoms with van der Waals surface area (Å²) >= 11 is 3.42. The van der Waals surface area contributed by atoms with Gasteiger partial charge in [-0.25, -0.2) is 4.79 Å². The minimum atomic E-state index is -0.528.